The molecule has 2 heterocycles. The van der Waals surface area contributed by atoms with Crippen molar-refractivity contribution < 1.29 is 14.7 Å². The highest BCUT2D eigenvalue weighted by molar-refractivity contribution is 7.07. The first kappa shape index (κ1) is 13.9. The second-order valence-electron chi connectivity index (χ2n) is 5.21. The molecule has 1 aliphatic rings. The van der Waals surface area contributed by atoms with Crippen molar-refractivity contribution >= 4 is 23.2 Å². The van der Waals surface area contributed by atoms with Crippen molar-refractivity contribution in [1.82, 2.24) is 9.47 Å². The van der Waals surface area contributed by atoms with Gasteiger partial charge in [-0.2, -0.15) is 11.3 Å². The molecule has 1 fully saturated rings. The van der Waals surface area contributed by atoms with Gasteiger partial charge in [0.05, 0.1) is 0 Å². The summed E-state index contributed by atoms with van der Waals surface area (Å²) in [6.07, 6.45) is 3.71. The lowest BCUT2D eigenvalue weighted by atomic mass is 10.3. The van der Waals surface area contributed by atoms with Gasteiger partial charge in [0.2, 0.25) is 5.91 Å². The molecule has 0 aliphatic heterocycles. The number of nitrogens with zero attached hydrogens (tertiary/aromatic N) is 2. The van der Waals surface area contributed by atoms with Crippen LogP contribution in [0.25, 0.3) is 0 Å². The van der Waals surface area contributed by atoms with Crippen molar-refractivity contribution in [3.05, 3.63) is 46.4 Å². The first-order valence-electron chi connectivity index (χ1n) is 6.84. The van der Waals surface area contributed by atoms with Gasteiger partial charge in [0, 0.05) is 18.8 Å². The summed E-state index contributed by atoms with van der Waals surface area (Å²) in [7, 11) is 0. The molecule has 0 atom stereocenters. The van der Waals surface area contributed by atoms with Gasteiger partial charge in [-0.05, 0) is 47.4 Å². The Bertz CT molecular complexity index is 644. The second kappa shape index (κ2) is 5.73. The largest absolute Gasteiger partial charge is 0.477 e. The van der Waals surface area contributed by atoms with Gasteiger partial charge in [-0.25, -0.2) is 4.79 Å². The monoisotopic (exact) mass is 304 g/mol. The van der Waals surface area contributed by atoms with Crippen molar-refractivity contribution in [2.75, 3.05) is 0 Å². The van der Waals surface area contributed by atoms with E-state index in [1.54, 1.807) is 23.6 Å². The molecule has 1 N–H and O–H groups in total. The number of aromatic carboxylic acids is 1. The summed E-state index contributed by atoms with van der Waals surface area (Å²) in [4.78, 5) is 25.5. The van der Waals surface area contributed by atoms with Gasteiger partial charge in [-0.1, -0.05) is 0 Å². The summed E-state index contributed by atoms with van der Waals surface area (Å²) in [5.74, 6) is -1.04. The maximum Gasteiger partial charge on any atom is 0.352 e. The lowest BCUT2D eigenvalue weighted by molar-refractivity contribution is -0.133. The number of rotatable bonds is 6. The second-order valence-corrected chi connectivity index (χ2v) is 5.99. The van der Waals surface area contributed by atoms with Crippen LogP contribution < -0.4 is 0 Å². The Morgan fingerprint density at radius 1 is 1.38 bits per heavy atom. The molecule has 0 aromatic carbocycles. The number of thiophene rings is 1. The summed E-state index contributed by atoms with van der Waals surface area (Å²) in [5, 5.41) is 13.1. The van der Waals surface area contributed by atoms with E-state index in [4.69, 9.17) is 5.11 Å². The molecule has 1 saturated carbocycles. The first-order valence-corrected chi connectivity index (χ1v) is 7.78. The van der Waals surface area contributed by atoms with Gasteiger partial charge in [-0.15, -0.1) is 0 Å². The average molecular weight is 304 g/mol. The van der Waals surface area contributed by atoms with Crippen LogP contribution in [0.1, 0.15) is 28.9 Å². The number of hydrogen-bond acceptors (Lipinski definition) is 3. The highest BCUT2D eigenvalue weighted by Gasteiger charge is 2.32. The van der Waals surface area contributed by atoms with Crippen molar-refractivity contribution in [2.45, 2.75) is 32.0 Å². The van der Waals surface area contributed by atoms with Crippen molar-refractivity contribution in [2.24, 2.45) is 0 Å². The number of carboxylic acids is 1. The van der Waals surface area contributed by atoms with Crippen LogP contribution in [0.5, 0.6) is 0 Å². The van der Waals surface area contributed by atoms with Crippen molar-refractivity contribution in [1.29, 1.82) is 0 Å². The van der Waals surface area contributed by atoms with E-state index in [1.807, 2.05) is 21.7 Å². The topological polar surface area (TPSA) is 62.5 Å². The molecule has 21 heavy (non-hydrogen) atoms. The predicted octanol–water partition coefficient (Wildman–Crippen LogP) is 2.44. The lowest BCUT2D eigenvalue weighted by Gasteiger charge is -2.22. The molecule has 3 rings (SSSR count). The van der Waals surface area contributed by atoms with E-state index in [0.29, 0.717) is 12.6 Å². The standard InChI is InChI=1S/C15H16N2O3S/c18-14(9-16-6-1-2-13(16)15(19)20)17(12-3-4-12)8-11-5-7-21-10-11/h1-2,5-7,10,12H,3-4,8-9H2,(H,19,20). The van der Waals surface area contributed by atoms with Gasteiger partial charge in [0.1, 0.15) is 12.2 Å². The van der Waals surface area contributed by atoms with Gasteiger partial charge in [0.15, 0.2) is 0 Å². The average Bonchev–Trinajstić information content (AvgIpc) is 2.97. The Kier molecular flexibility index (Phi) is 3.79. The highest BCUT2D eigenvalue weighted by atomic mass is 32.1. The van der Waals surface area contributed by atoms with E-state index in [0.717, 1.165) is 18.4 Å². The van der Waals surface area contributed by atoms with E-state index in [2.05, 4.69) is 0 Å². The molecule has 110 valence electrons. The third-order valence-electron chi connectivity index (χ3n) is 3.60. The third-order valence-corrected chi connectivity index (χ3v) is 4.33. The fourth-order valence-corrected chi connectivity index (χ4v) is 3.03. The molecule has 1 amide bonds. The SMILES string of the molecule is O=C(O)c1cccn1CC(=O)N(Cc1ccsc1)C1CC1. The molecule has 1 aliphatic carbocycles. The van der Waals surface area contributed by atoms with Crippen LogP contribution in [0, 0.1) is 0 Å². The van der Waals surface area contributed by atoms with Crippen molar-refractivity contribution in [3.63, 3.8) is 0 Å². The van der Waals surface area contributed by atoms with E-state index in [1.165, 1.54) is 10.6 Å². The maximum atomic E-state index is 12.5. The quantitative estimate of drug-likeness (QED) is 0.891. The van der Waals surface area contributed by atoms with Crippen molar-refractivity contribution in [3.8, 4) is 0 Å². The molecule has 5 nitrogen and oxygen atoms in total. The Labute approximate surface area is 126 Å². The Morgan fingerprint density at radius 2 is 2.19 bits per heavy atom. The Balaban J connectivity index is 1.72. The van der Waals surface area contributed by atoms with Gasteiger partial charge >= 0.3 is 5.97 Å². The zero-order valence-electron chi connectivity index (χ0n) is 11.4. The van der Waals surface area contributed by atoms with E-state index < -0.39 is 5.97 Å². The number of hydrogen-bond donors (Lipinski definition) is 1. The molecular weight excluding hydrogens is 288 g/mol. The fourth-order valence-electron chi connectivity index (χ4n) is 2.37. The fraction of sp³-hybridized carbons (Fsp3) is 0.333. The van der Waals surface area contributed by atoms with Crippen LogP contribution in [0.2, 0.25) is 0 Å². The first-order chi connectivity index (χ1) is 10.1. The molecule has 0 bridgehead atoms. The zero-order valence-corrected chi connectivity index (χ0v) is 12.3. The molecule has 0 spiro atoms. The number of amides is 1. The lowest BCUT2D eigenvalue weighted by Crippen LogP contribution is -2.35. The van der Waals surface area contributed by atoms with Gasteiger partial charge in [0.25, 0.3) is 0 Å². The number of carbonyl (C=O) groups excluding carboxylic acids is 1. The molecule has 0 unspecified atom stereocenters. The minimum atomic E-state index is -1.01. The zero-order chi connectivity index (χ0) is 14.8. The minimum Gasteiger partial charge on any atom is -0.477 e. The number of carboxylic acid groups (broad SMARTS) is 1. The molecule has 0 saturated heterocycles. The third kappa shape index (κ3) is 3.16. The predicted molar refractivity (Wildman–Crippen MR) is 79.3 cm³/mol. The Hall–Kier alpha value is -2.08. The molecule has 6 heteroatoms. The van der Waals surface area contributed by atoms with E-state index in [-0.39, 0.29) is 18.1 Å². The molecule has 0 radical (unpaired) electrons. The van der Waals surface area contributed by atoms with Gasteiger partial charge in [-0.3, -0.25) is 4.79 Å². The maximum absolute atomic E-state index is 12.5. The van der Waals surface area contributed by atoms with E-state index >= 15 is 0 Å². The molecule has 2 aromatic rings. The summed E-state index contributed by atoms with van der Waals surface area (Å²) in [5.41, 5.74) is 1.28. The number of aromatic nitrogens is 1. The van der Waals surface area contributed by atoms with E-state index in [9.17, 15) is 9.59 Å². The smallest absolute Gasteiger partial charge is 0.352 e. The minimum absolute atomic E-state index is 0.0256. The number of carbonyl (C=O) groups is 2. The summed E-state index contributed by atoms with van der Waals surface area (Å²) < 4.78 is 1.49. The highest BCUT2D eigenvalue weighted by Crippen LogP contribution is 2.29. The van der Waals surface area contributed by atoms with Crippen LogP contribution in [0.4, 0.5) is 0 Å². The van der Waals surface area contributed by atoms with Gasteiger partial charge < -0.3 is 14.6 Å². The Morgan fingerprint density at radius 3 is 2.81 bits per heavy atom. The summed E-state index contributed by atoms with van der Waals surface area (Å²) in [6, 6.07) is 5.49. The molecular formula is C15H16N2O3S. The summed E-state index contributed by atoms with van der Waals surface area (Å²) >= 11 is 1.62. The van der Waals surface area contributed by atoms with Crippen LogP contribution in [0.3, 0.4) is 0 Å². The van der Waals surface area contributed by atoms with Crippen LogP contribution in [0.15, 0.2) is 35.2 Å². The van der Waals surface area contributed by atoms with Crippen LogP contribution >= 0.6 is 11.3 Å². The normalized spacial score (nSPS) is 14.1. The summed E-state index contributed by atoms with van der Waals surface area (Å²) in [6.45, 7) is 0.686. The van der Waals surface area contributed by atoms with Crippen LogP contribution in [-0.4, -0.2) is 32.5 Å². The van der Waals surface area contributed by atoms with Crippen LogP contribution in [-0.2, 0) is 17.9 Å². The molecule has 2 aromatic heterocycles.